The van der Waals surface area contributed by atoms with E-state index < -0.39 is 0 Å². The van der Waals surface area contributed by atoms with Crippen molar-refractivity contribution in [2.45, 2.75) is 0 Å². The van der Waals surface area contributed by atoms with Gasteiger partial charge in [0.2, 0.25) is 0 Å². The molecule has 0 aliphatic carbocycles. The van der Waals surface area contributed by atoms with Gasteiger partial charge in [0.25, 0.3) is 0 Å². The fourth-order valence-corrected chi connectivity index (χ4v) is 0. The van der Waals surface area contributed by atoms with Crippen LogP contribution in [0.3, 0.4) is 0 Å². The van der Waals surface area contributed by atoms with Crippen LogP contribution in [0.25, 0.3) is 0 Å². The summed E-state index contributed by atoms with van der Waals surface area (Å²) in [5, 5.41) is 0. The minimum absolute atomic E-state index is 0. The van der Waals surface area contributed by atoms with E-state index in [1.165, 1.54) is 0 Å². The Balaban J connectivity index is 0. The van der Waals surface area contributed by atoms with Gasteiger partial charge >= 0.3 is 51.4 Å². The van der Waals surface area contributed by atoms with Crippen LogP contribution < -0.4 is 0 Å². The third kappa shape index (κ3) is 9.06. The normalized spacial score (nSPS) is 4.50. The van der Waals surface area contributed by atoms with Crippen LogP contribution in [0.5, 0.6) is 0 Å². The molecular weight excluding hydrogens is 98.6 g/mol. The minimum atomic E-state index is 0. The Morgan fingerprint density at radius 3 is 1.75 bits per heavy atom. The summed E-state index contributed by atoms with van der Waals surface area (Å²) in [4.78, 5) is 0. The van der Waals surface area contributed by atoms with Crippen LogP contribution in [-0.4, -0.2) is 57.3 Å². The predicted octanol–water partition coefficient (Wildman–Crippen LogP) is 0.411. The number of alkyl halides is 1. The van der Waals surface area contributed by atoms with Gasteiger partial charge in [-0.15, -0.1) is 11.6 Å². The van der Waals surface area contributed by atoms with E-state index in [4.69, 9.17) is 11.6 Å². The monoisotopic (exact) mass is 103 g/mol. The van der Waals surface area contributed by atoms with Crippen LogP contribution >= 0.6 is 11.6 Å². The van der Waals surface area contributed by atoms with Crippen molar-refractivity contribution in [2.75, 3.05) is 5.88 Å². The molecule has 21 valence electrons. The molecule has 0 aliphatic rings. The van der Waals surface area contributed by atoms with Gasteiger partial charge < -0.3 is 0 Å². The first-order valence-electron chi connectivity index (χ1n) is 0.767. The van der Waals surface area contributed by atoms with Gasteiger partial charge in [-0.3, -0.25) is 0 Å². The van der Waals surface area contributed by atoms with Crippen LogP contribution in [0.2, 0.25) is 0 Å². The summed E-state index contributed by atoms with van der Waals surface area (Å²) in [6.45, 7) is 3.25. The fraction of sp³-hybridized carbons (Fsp3) is 0.500. The van der Waals surface area contributed by atoms with Crippen molar-refractivity contribution in [3.8, 4) is 0 Å². The van der Waals surface area contributed by atoms with Gasteiger partial charge in [0.1, 0.15) is 0 Å². The Labute approximate surface area is 74.3 Å². The van der Waals surface area contributed by atoms with Crippen molar-refractivity contribution in [2.24, 2.45) is 0 Å². The van der Waals surface area contributed by atoms with Gasteiger partial charge in [-0.1, -0.05) is 0 Å². The van der Waals surface area contributed by atoms with E-state index in [9.17, 15) is 0 Å². The zero-order valence-corrected chi connectivity index (χ0v) is 2.55. The summed E-state index contributed by atoms with van der Waals surface area (Å²) >= 11 is 4.89. The van der Waals surface area contributed by atoms with E-state index in [-0.39, 0.29) is 51.4 Å². The quantitative estimate of drug-likeness (QED) is 0.308. The summed E-state index contributed by atoms with van der Waals surface area (Å²) in [7, 11) is 0. The molecule has 0 aromatic rings. The third-order valence-electron chi connectivity index (χ3n) is 0. The molecule has 0 unspecified atom stereocenters. The van der Waals surface area contributed by atoms with Crippen LogP contribution in [-0.2, 0) is 0 Å². The fourth-order valence-electron chi connectivity index (χ4n) is 0. The molecule has 0 saturated heterocycles. The first kappa shape index (κ1) is 9.33. The summed E-state index contributed by atoms with van der Waals surface area (Å²) < 4.78 is 0. The molecule has 0 rings (SSSR count). The summed E-state index contributed by atoms with van der Waals surface area (Å²) in [6, 6.07) is 0. The van der Waals surface area contributed by atoms with Crippen LogP contribution in [0, 0.1) is 6.92 Å². The standard InChI is InChI=1S/C2H4Cl.K.H/c1-2-3;;/h1-2H2;;. The molecule has 0 atom stereocenters. The molecule has 0 fully saturated rings. The third-order valence-corrected chi connectivity index (χ3v) is 0. The first-order chi connectivity index (χ1) is 1.41. The van der Waals surface area contributed by atoms with Gasteiger partial charge in [-0.25, -0.2) is 0 Å². The molecule has 0 spiro atoms. The Morgan fingerprint density at radius 1 is 1.75 bits per heavy atom. The molecule has 4 heavy (non-hydrogen) atoms. The topological polar surface area (TPSA) is 0 Å². The van der Waals surface area contributed by atoms with Gasteiger partial charge in [0, 0.05) is 5.88 Å². The van der Waals surface area contributed by atoms with E-state index >= 15 is 0 Å². The molecule has 0 aliphatic heterocycles. The zero-order chi connectivity index (χ0) is 2.71. The second-order valence-corrected chi connectivity index (χ2v) is 0.567. The Bertz CT molecular complexity index is 6.00. The molecule has 0 aromatic carbocycles. The molecule has 0 aromatic heterocycles. The molecule has 0 saturated carbocycles. The Morgan fingerprint density at radius 2 is 1.75 bits per heavy atom. The van der Waals surface area contributed by atoms with Crippen molar-refractivity contribution in [3.05, 3.63) is 6.92 Å². The van der Waals surface area contributed by atoms with E-state index in [1.807, 2.05) is 0 Å². The number of halogens is 1. The van der Waals surface area contributed by atoms with Crippen LogP contribution in [0.4, 0.5) is 0 Å². The van der Waals surface area contributed by atoms with Gasteiger partial charge in [-0.05, 0) is 6.92 Å². The second kappa shape index (κ2) is 8.87. The van der Waals surface area contributed by atoms with Crippen LogP contribution in [0.1, 0.15) is 0 Å². The molecule has 0 amide bonds. The average molecular weight is 104 g/mol. The van der Waals surface area contributed by atoms with Gasteiger partial charge in [0.15, 0.2) is 0 Å². The van der Waals surface area contributed by atoms with E-state index in [1.54, 1.807) is 0 Å². The first-order valence-corrected chi connectivity index (χ1v) is 1.30. The SMILES string of the molecule is [CH2]CCl.[KH]. The molecule has 0 nitrogen and oxygen atoms in total. The number of hydrogen-bond acceptors (Lipinski definition) is 0. The van der Waals surface area contributed by atoms with Crippen LogP contribution in [0.15, 0.2) is 0 Å². The molecule has 0 heterocycles. The Hall–Kier alpha value is 1.93. The number of rotatable bonds is 0. The van der Waals surface area contributed by atoms with Crippen molar-refractivity contribution >= 4 is 63.0 Å². The number of hydrogen-bond donors (Lipinski definition) is 0. The van der Waals surface area contributed by atoms with E-state index in [0.29, 0.717) is 5.88 Å². The van der Waals surface area contributed by atoms with Gasteiger partial charge in [0.05, 0.1) is 0 Å². The zero-order valence-electron chi connectivity index (χ0n) is 1.79. The summed E-state index contributed by atoms with van der Waals surface area (Å²) in [5.41, 5.74) is 0. The van der Waals surface area contributed by atoms with Crippen molar-refractivity contribution in [1.82, 2.24) is 0 Å². The van der Waals surface area contributed by atoms with E-state index in [0.717, 1.165) is 0 Å². The molecule has 0 N–H and O–H groups in total. The molecule has 0 bridgehead atoms. The molecule has 1 radical (unpaired) electrons. The maximum absolute atomic E-state index is 4.89. The van der Waals surface area contributed by atoms with Gasteiger partial charge in [-0.2, -0.15) is 0 Å². The Kier molecular flexibility index (Phi) is 20.7. The molecular formula is C2H5ClK. The summed E-state index contributed by atoms with van der Waals surface area (Å²) in [6.07, 6.45) is 0. The average Bonchev–Trinajstić information content (AvgIpc) is 0.918. The van der Waals surface area contributed by atoms with Crippen molar-refractivity contribution in [3.63, 3.8) is 0 Å². The maximum atomic E-state index is 4.89. The molecule has 2 heteroatoms. The second-order valence-electron chi connectivity index (χ2n) is 0.189. The van der Waals surface area contributed by atoms with Crippen molar-refractivity contribution in [1.29, 1.82) is 0 Å². The predicted molar refractivity (Wildman–Crippen MR) is 23.2 cm³/mol. The van der Waals surface area contributed by atoms with E-state index in [2.05, 4.69) is 6.92 Å². The van der Waals surface area contributed by atoms with Crippen molar-refractivity contribution < 1.29 is 0 Å². The summed E-state index contributed by atoms with van der Waals surface area (Å²) in [5.74, 6) is 0.472.